The van der Waals surface area contributed by atoms with Crippen LogP contribution in [0.15, 0.2) is 28.6 Å². The first-order chi connectivity index (χ1) is 13.2. The Kier molecular flexibility index (Phi) is 10.2. The number of nitrogens with zero attached hydrogens (tertiary/aromatic N) is 2. The summed E-state index contributed by atoms with van der Waals surface area (Å²) in [7, 11) is 1.58. The van der Waals surface area contributed by atoms with Gasteiger partial charge in [-0.05, 0) is 38.5 Å². The van der Waals surface area contributed by atoms with Gasteiger partial charge in [-0.1, -0.05) is 6.07 Å². The summed E-state index contributed by atoms with van der Waals surface area (Å²) in [6, 6.07) is 4.02. The van der Waals surface area contributed by atoms with Crippen molar-refractivity contribution >= 4 is 41.3 Å². The van der Waals surface area contributed by atoms with E-state index < -0.39 is 11.7 Å². The third-order valence-electron chi connectivity index (χ3n) is 3.77. The largest absolute Gasteiger partial charge is 0.491 e. The number of rotatable bonds is 7. The lowest BCUT2D eigenvalue weighted by atomic mass is 10.1. The minimum Gasteiger partial charge on any atom is -0.491 e. The number of hydrogen-bond acceptors (Lipinski definition) is 4. The first-order valence-electron chi connectivity index (χ1n) is 8.91. The maximum atomic E-state index is 13.4. The van der Waals surface area contributed by atoms with Gasteiger partial charge in [-0.25, -0.2) is 4.98 Å². The third kappa shape index (κ3) is 8.37. The number of hydrogen-bond donors (Lipinski definition) is 2. The summed E-state index contributed by atoms with van der Waals surface area (Å²) in [5, 5.41) is 9.01. The molecule has 2 N–H and O–H groups in total. The van der Waals surface area contributed by atoms with Gasteiger partial charge < -0.3 is 15.4 Å². The van der Waals surface area contributed by atoms with E-state index in [1.165, 1.54) is 6.07 Å². The van der Waals surface area contributed by atoms with Crippen molar-refractivity contribution in [2.24, 2.45) is 4.99 Å². The number of guanidine groups is 1. The molecule has 162 valence electrons. The van der Waals surface area contributed by atoms with Crippen molar-refractivity contribution in [2.45, 2.75) is 46.0 Å². The standard InChI is InChI=1S/C19H25F3N4OS.HI/c1-12(2)27-16-6-5-14(17(9-16)19(20,21)22)10-25-18(23-4)24-8-7-15-11-28-13(3)26-15;/h5-6,9,11-12H,7-8,10H2,1-4H3,(H2,23,24,25);1H. The molecule has 1 heterocycles. The quantitative estimate of drug-likeness (QED) is 0.301. The van der Waals surface area contributed by atoms with Crippen LogP contribution in [0.1, 0.15) is 35.7 Å². The van der Waals surface area contributed by atoms with Crippen molar-refractivity contribution in [3.8, 4) is 5.75 Å². The Morgan fingerprint density at radius 2 is 2.00 bits per heavy atom. The lowest BCUT2D eigenvalue weighted by Crippen LogP contribution is -2.38. The highest BCUT2D eigenvalue weighted by Crippen LogP contribution is 2.34. The molecule has 2 aromatic rings. The molecule has 1 aromatic carbocycles. The first kappa shape index (κ1) is 25.5. The summed E-state index contributed by atoms with van der Waals surface area (Å²) in [6.45, 7) is 6.05. The molecule has 0 bridgehead atoms. The van der Waals surface area contributed by atoms with Crippen LogP contribution in [0.4, 0.5) is 13.2 Å². The molecule has 1 aromatic heterocycles. The Hall–Kier alpha value is -1.56. The molecule has 0 saturated carbocycles. The van der Waals surface area contributed by atoms with Gasteiger partial charge in [0.2, 0.25) is 0 Å². The van der Waals surface area contributed by atoms with Crippen LogP contribution in [0, 0.1) is 6.92 Å². The molecule has 0 spiro atoms. The summed E-state index contributed by atoms with van der Waals surface area (Å²) in [5.41, 5.74) is 0.388. The van der Waals surface area contributed by atoms with Crippen LogP contribution in [-0.4, -0.2) is 30.6 Å². The predicted octanol–water partition coefficient (Wildman–Crippen LogP) is 4.78. The second-order valence-electron chi connectivity index (χ2n) is 6.44. The third-order valence-corrected chi connectivity index (χ3v) is 4.59. The monoisotopic (exact) mass is 542 g/mol. The molecule has 0 aliphatic carbocycles. The number of aliphatic imine (C=N–C) groups is 1. The van der Waals surface area contributed by atoms with Gasteiger partial charge in [0.05, 0.1) is 22.4 Å². The lowest BCUT2D eigenvalue weighted by molar-refractivity contribution is -0.138. The van der Waals surface area contributed by atoms with Gasteiger partial charge in [0.15, 0.2) is 5.96 Å². The van der Waals surface area contributed by atoms with Crippen LogP contribution in [0.5, 0.6) is 5.75 Å². The Balaban J connectivity index is 0.00000420. The molecule has 0 aliphatic heterocycles. The summed E-state index contributed by atoms with van der Waals surface area (Å²) in [4.78, 5) is 8.43. The molecular formula is C19H26F3IN4OS. The molecule has 0 unspecified atom stereocenters. The summed E-state index contributed by atoms with van der Waals surface area (Å²) >= 11 is 1.58. The second kappa shape index (κ2) is 11.6. The molecule has 0 saturated heterocycles. The highest BCUT2D eigenvalue weighted by Gasteiger charge is 2.33. The number of aromatic nitrogens is 1. The topological polar surface area (TPSA) is 58.5 Å². The first-order valence-corrected chi connectivity index (χ1v) is 9.79. The van der Waals surface area contributed by atoms with E-state index >= 15 is 0 Å². The molecule has 5 nitrogen and oxygen atoms in total. The van der Waals surface area contributed by atoms with E-state index in [-0.39, 0.29) is 47.9 Å². The zero-order chi connectivity index (χ0) is 20.7. The number of benzene rings is 1. The zero-order valence-corrected chi connectivity index (χ0v) is 19.9. The number of aryl methyl sites for hydroxylation is 1. The number of alkyl halides is 3. The van der Waals surface area contributed by atoms with Crippen molar-refractivity contribution in [1.29, 1.82) is 0 Å². The molecule has 29 heavy (non-hydrogen) atoms. The van der Waals surface area contributed by atoms with Crippen LogP contribution in [0.25, 0.3) is 0 Å². The summed E-state index contributed by atoms with van der Waals surface area (Å²) in [6.07, 6.45) is -3.96. The van der Waals surface area contributed by atoms with E-state index in [1.54, 1.807) is 38.3 Å². The van der Waals surface area contributed by atoms with Crippen molar-refractivity contribution in [3.05, 3.63) is 45.4 Å². The van der Waals surface area contributed by atoms with E-state index in [9.17, 15) is 13.2 Å². The van der Waals surface area contributed by atoms with Crippen molar-refractivity contribution in [2.75, 3.05) is 13.6 Å². The molecule has 0 aliphatic rings. The maximum absolute atomic E-state index is 13.4. The Morgan fingerprint density at radius 3 is 2.55 bits per heavy atom. The SMILES string of the molecule is CN=C(NCCc1csc(C)n1)NCc1ccc(OC(C)C)cc1C(F)(F)F.I. The Labute approximate surface area is 190 Å². The molecular weight excluding hydrogens is 516 g/mol. The highest BCUT2D eigenvalue weighted by molar-refractivity contribution is 14.0. The minimum atomic E-state index is -4.47. The number of thiazole rings is 1. The van der Waals surface area contributed by atoms with Crippen LogP contribution in [0.2, 0.25) is 0 Å². The summed E-state index contributed by atoms with van der Waals surface area (Å²) in [5.74, 6) is 0.634. The van der Waals surface area contributed by atoms with E-state index in [2.05, 4.69) is 20.6 Å². The van der Waals surface area contributed by atoms with E-state index in [0.29, 0.717) is 18.9 Å². The van der Waals surface area contributed by atoms with Gasteiger partial charge in [0.25, 0.3) is 0 Å². The van der Waals surface area contributed by atoms with Gasteiger partial charge in [0, 0.05) is 31.9 Å². The van der Waals surface area contributed by atoms with Crippen LogP contribution < -0.4 is 15.4 Å². The van der Waals surface area contributed by atoms with E-state index in [4.69, 9.17) is 4.74 Å². The minimum absolute atomic E-state index is 0. The van der Waals surface area contributed by atoms with Gasteiger partial charge in [0.1, 0.15) is 5.75 Å². The van der Waals surface area contributed by atoms with Gasteiger partial charge in [-0.3, -0.25) is 4.99 Å². The smallest absolute Gasteiger partial charge is 0.416 e. The van der Waals surface area contributed by atoms with Crippen molar-refractivity contribution < 1.29 is 17.9 Å². The van der Waals surface area contributed by atoms with E-state index in [1.807, 2.05) is 12.3 Å². The summed E-state index contributed by atoms with van der Waals surface area (Å²) < 4.78 is 45.7. The Bertz CT molecular complexity index is 809. The molecule has 0 atom stereocenters. The van der Waals surface area contributed by atoms with Gasteiger partial charge in [-0.15, -0.1) is 35.3 Å². The fourth-order valence-corrected chi connectivity index (χ4v) is 3.20. The maximum Gasteiger partial charge on any atom is 0.416 e. The van der Waals surface area contributed by atoms with Crippen molar-refractivity contribution in [1.82, 2.24) is 15.6 Å². The number of ether oxygens (including phenoxy) is 1. The number of halogens is 4. The average molecular weight is 542 g/mol. The average Bonchev–Trinajstić information content (AvgIpc) is 3.02. The Morgan fingerprint density at radius 1 is 1.28 bits per heavy atom. The molecule has 0 amide bonds. The molecule has 2 rings (SSSR count). The molecule has 0 fully saturated rings. The fourth-order valence-electron chi connectivity index (χ4n) is 2.55. The van der Waals surface area contributed by atoms with Crippen LogP contribution >= 0.6 is 35.3 Å². The molecule has 0 radical (unpaired) electrons. The lowest BCUT2D eigenvalue weighted by Gasteiger charge is -2.18. The van der Waals surface area contributed by atoms with E-state index in [0.717, 1.165) is 16.8 Å². The van der Waals surface area contributed by atoms with Gasteiger partial charge in [-0.2, -0.15) is 13.2 Å². The fraction of sp³-hybridized carbons (Fsp3) is 0.474. The van der Waals surface area contributed by atoms with Gasteiger partial charge >= 0.3 is 6.18 Å². The predicted molar refractivity (Wildman–Crippen MR) is 121 cm³/mol. The molecule has 10 heteroatoms. The second-order valence-corrected chi connectivity index (χ2v) is 7.51. The number of nitrogens with one attached hydrogen (secondary N) is 2. The van der Waals surface area contributed by atoms with Crippen LogP contribution in [-0.2, 0) is 19.1 Å². The van der Waals surface area contributed by atoms with Crippen LogP contribution in [0.3, 0.4) is 0 Å². The zero-order valence-electron chi connectivity index (χ0n) is 16.8. The highest BCUT2D eigenvalue weighted by atomic mass is 127. The normalized spacial score (nSPS) is 11.9. The van der Waals surface area contributed by atoms with Crippen molar-refractivity contribution in [3.63, 3.8) is 0 Å².